The zero-order valence-electron chi connectivity index (χ0n) is 7.93. The molecule has 15 heavy (non-hydrogen) atoms. The van der Waals surface area contributed by atoms with Crippen LogP contribution in [-0.2, 0) is 0 Å². The van der Waals surface area contributed by atoms with Gasteiger partial charge in [-0.05, 0) is 18.7 Å². The molecule has 0 amide bonds. The normalized spacial score (nSPS) is 11.4. The molecule has 0 aliphatic heterocycles. The summed E-state index contributed by atoms with van der Waals surface area (Å²) in [5.41, 5.74) is -0.644. The van der Waals surface area contributed by atoms with E-state index in [0.717, 1.165) is 4.80 Å². The molecule has 80 valence electrons. The average Bonchev–Trinajstić information content (AvgIpc) is 2.42. The van der Waals surface area contributed by atoms with E-state index in [1.807, 2.05) is 0 Å². The summed E-state index contributed by atoms with van der Waals surface area (Å²) in [5.74, 6) is 0. The summed E-state index contributed by atoms with van der Waals surface area (Å²) in [6, 6.07) is -0.253. The lowest BCUT2D eigenvalue weighted by Crippen LogP contribution is -2.55. The van der Waals surface area contributed by atoms with Crippen LogP contribution in [0, 0.1) is 15.6 Å². The third-order valence-electron chi connectivity index (χ3n) is 1.75. The van der Waals surface area contributed by atoms with E-state index in [-0.39, 0.29) is 26.3 Å². The Kier molecular flexibility index (Phi) is 1.78. The maximum atomic E-state index is 11.5. The molecule has 2 aromatic heterocycles. The van der Waals surface area contributed by atoms with E-state index in [0.29, 0.717) is 0 Å². The van der Waals surface area contributed by atoms with E-state index in [9.17, 15) is 15.6 Å². The molecule has 2 aromatic rings. The van der Waals surface area contributed by atoms with Crippen LogP contribution < -0.4 is 14.7 Å². The Bertz CT molecular complexity index is 521. The number of aromatic nitrogens is 7. The fraction of sp³-hybridized carbons (Fsp3) is 0.600. The van der Waals surface area contributed by atoms with E-state index in [1.165, 1.54) is 0 Å². The Balaban J connectivity index is 2.82. The molecule has 0 aliphatic rings. The van der Waals surface area contributed by atoms with Crippen molar-refractivity contribution in [3.63, 3.8) is 0 Å². The Morgan fingerprint density at radius 2 is 1.93 bits per heavy atom. The zero-order valence-corrected chi connectivity index (χ0v) is 7.93. The predicted octanol–water partition coefficient (Wildman–Crippen LogP) is -2.69. The van der Waals surface area contributed by atoms with E-state index >= 15 is 0 Å². The Labute approximate surface area is 82.7 Å². The number of fused-ring (bicyclic) bond motifs is 1. The lowest BCUT2D eigenvalue weighted by Gasteiger charge is -2.01. The topological polar surface area (TPSA) is 124 Å². The first kappa shape index (κ1) is 9.30. The molecule has 0 aliphatic carbocycles. The van der Waals surface area contributed by atoms with Gasteiger partial charge < -0.3 is 15.6 Å². The van der Waals surface area contributed by atoms with Crippen LogP contribution in [0.2, 0.25) is 0 Å². The van der Waals surface area contributed by atoms with Crippen LogP contribution in [0.1, 0.15) is 19.9 Å². The highest BCUT2D eigenvalue weighted by Crippen LogP contribution is 2.00. The molecule has 0 atom stereocenters. The van der Waals surface area contributed by atoms with Crippen molar-refractivity contribution < 1.29 is 14.7 Å². The van der Waals surface area contributed by atoms with Gasteiger partial charge in [0.1, 0.15) is 21.2 Å². The fourth-order valence-electron chi connectivity index (χ4n) is 1.13. The van der Waals surface area contributed by atoms with Crippen molar-refractivity contribution in [2.45, 2.75) is 19.9 Å². The Morgan fingerprint density at radius 3 is 2.53 bits per heavy atom. The summed E-state index contributed by atoms with van der Waals surface area (Å²) in [7, 11) is 0. The van der Waals surface area contributed by atoms with Crippen molar-refractivity contribution in [3.05, 3.63) is 15.6 Å². The Hall–Kier alpha value is -2.26. The molecular formula is C5H7N7O3. The highest BCUT2D eigenvalue weighted by atomic mass is 16.6. The van der Waals surface area contributed by atoms with Crippen LogP contribution >= 0.6 is 0 Å². The van der Waals surface area contributed by atoms with Gasteiger partial charge in [0.2, 0.25) is 0 Å². The van der Waals surface area contributed by atoms with Gasteiger partial charge in [-0.15, -0.1) is 0 Å². The van der Waals surface area contributed by atoms with Gasteiger partial charge in [-0.1, -0.05) is 4.85 Å². The van der Waals surface area contributed by atoms with Crippen LogP contribution in [0.4, 0.5) is 0 Å². The maximum absolute atomic E-state index is 11.5. The predicted molar refractivity (Wildman–Crippen MR) is 42.6 cm³/mol. The molecule has 0 saturated heterocycles. The molecule has 0 radical (unpaired) electrons. The summed E-state index contributed by atoms with van der Waals surface area (Å²) < 4.78 is 0. The van der Waals surface area contributed by atoms with Gasteiger partial charge in [0, 0.05) is 4.80 Å². The molecule has 10 heteroatoms. The lowest BCUT2D eigenvalue weighted by atomic mass is 10.4. The third kappa shape index (κ3) is 1.26. The molecule has 0 N–H and O–H groups in total. The van der Waals surface area contributed by atoms with Crippen molar-refractivity contribution in [1.29, 1.82) is 0 Å². The van der Waals surface area contributed by atoms with E-state index < -0.39 is 5.65 Å². The van der Waals surface area contributed by atoms with Gasteiger partial charge in [-0.25, -0.2) is 0 Å². The molecule has 10 nitrogen and oxygen atoms in total. The van der Waals surface area contributed by atoms with Gasteiger partial charge in [-0.2, -0.15) is 0 Å². The van der Waals surface area contributed by atoms with Gasteiger partial charge in [0.15, 0.2) is 0 Å². The van der Waals surface area contributed by atoms with Gasteiger partial charge in [0.25, 0.3) is 5.21 Å². The highest BCUT2D eigenvalue weighted by Gasteiger charge is 2.32. The van der Waals surface area contributed by atoms with Crippen molar-refractivity contribution in [1.82, 2.24) is 20.2 Å². The number of nitrogens with zero attached hydrogens (tertiary/aromatic N) is 7. The monoisotopic (exact) mass is 213 g/mol. The summed E-state index contributed by atoms with van der Waals surface area (Å²) in [4.78, 5) is 0.960. The highest BCUT2D eigenvalue weighted by molar-refractivity contribution is 5.53. The van der Waals surface area contributed by atoms with Crippen LogP contribution in [0.3, 0.4) is 0 Å². The third-order valence-corrected chi connectivity index (χ3v) is 1.75. The van der Waals surface area contributed by atoms with Crippen molar-refractivity contribution in [3.8, 4) is 0 Å². The van der Waals surface area contributed by atoms with Crippen LogP contribution in [0.5, 0.6) is 0 Å². The minimum atomic E-state index is -0.407. The molecule has 0 aromatic carbocycles. The van der Waals surface area contributed by atoms with Crippen LogP contribution in [-0.4, -0.2) is 20.2 Å². The molecule has 0 unspecified atom stereocenters. The standard InChI is InChI=1S/C5H7N7O3/c1-3(2)9-6-4-5(11(9)14)10(13)8-12(15)7-4/h3H,1-2H3. The maximum Gasteiger partial charge on any atom is 0.506 e. The van der Waals surface area contributed by atoms with Gasteiger partial charge >= 0.3 is 11.3 Å². The lowest BCUT2D eigenvalue weighted by molar-refractivity contribution is -0.885. The molecule has 0 fully saturated rings. The summed E-state index contributed by atoms with van der Waals surface area (Å²) >= 11 is 0. The first-order valence-corrected chi connectivity index (χ1v) is 4.11. The first-order valence-electron chi connectivity index (χ1n) is 4.11. The average molecular weight is 213 g/mol. The molecule has 0 bridgehead atoms. The second-order valence-corrected chi connectivity index (χ2v) is 3.15. The van der Waals surface area contributed by atoms with E-state index in [2.05, 4.69) is 15.4 Å². The van der Waals surface area contributed by atoms with Crippen molar-refractivity contribution >= 4 is 11.3 Å². The van der Waals surface area contributed by atoms with Gasteiger partial charge in [0.05, 0.1) is 0 Å². The van der Waals surface area contributed by atoms with Crippen LogP contribution in [0.15, 0.2) is 0 Å². The summed E-state index contributed by atoms with van der Waals surface area (Å²) in [5, 5.41) is 43.2. The quantitative estimate of drug-likeness (QED) is 0.375. The molecule has 0 saturated carbocycles. The summed E-state index contributed by atoms with van der Waals surface area (Å²) in [6.07, 6.45) is 0. The van der Waals surface area contributed by atoms with Crippen LogP contribution in [0.25, 0.3) is 11.3 Å². The van der Waals surface area contributed by atoms with Crippen molar-refractivity contribution in [2.24, 2.45) is 0 Å². The van der Waals surface area contributed by atoms with Crippen molar-refractivity contribution in [2.75, 3.05) is 0 Å². The van der Waals surface area contributed by atoms with E-state index in [4.69, 9.17) is 0 Å². The second kappa shape index (κ2) is 2.87. The second-order valence-electron chi connectivity index (χ2n) is 3.15. The summed E-state index contributed by atoms with van der Waals surface area (Å²) in [6.45, 7) is 3.40. The first-order chi connectivity index (χ1) is 7.00. The minimum absolute atomic E-state index is 0.103. The smallest absolute Gasteiger partial charge is 0.506 e. The largest absolute Gasteiger partial charge is 0.655 e. The minimum Gasteiger partial charge on any atom is -0.655 e. The molecule has 0 spiro atoms. The number of hydrogen-bond acceptors (Lipinski definition) is 6. The van der Waals surface area contributed by atoms with E-state index in [1.54, 1.807) is 13.8 Å². The Morgan fingerprint density at radius 1 is 1.27 bits per heavy atom. The number of rotatable bonds is 1. The van der Waals surface area contributed by atoms with Gasteiger partial charge in [-0.3, -0.25) is 0 Å². The fourth-order valence-corrected chi connectivity index (χ4v) is 1.13. The SMILES string of the molecule is CC(C)n1nc2n[n+]([O-])n[n+]([O-])c2[n+]1[O-]. The number of hydrogen-bond donors (Lipinski definition) is 0. The zero-order chi connectivity index (χ0) is 11.2. The molecular weight excluding hydrogens is 206 g/mol. The molecule has 2 rings (SSSR count). The molecule has 2 heterocycles.